The van der Waals surface area contributed by atoms with Crippen molar-refractivity contribution < 1.29 is 9.13 Å². The van der Waals surface area contributed by atoms with Gasteiger partial charge in [-0.2, -0.15) is 10.2 Å². The van der Waals surface area contributed by atoms with Gasteiger partial charge < -0.3 is 15.4 Å². The highest BCUT2D eigenvalue weighted by molar-refractivity contribution is 5.38. The number of anilines is 1. The molecule has 1 fully saturated rings. The summed E-state index contributed by atoms with van der Waals surface area (Å²) < 4.78 is 19.4. The van der Waals surface area contributed by atoms with Crippen LogP contribution >= 0.6 is 0 Å². The highest BCUT2D eigenvalue weighted by Crippen LogP contribution is 2.17. The molecular formula is C17H17FN4O. The third kappa shape index (κ3) is 3.96. The van der Waals surface area contributed by atoms with Crippen LogP contribution < -0.4 is 15.4 Å². The normalized spacial score (nSPS) is 16.8. The lowest BCUT2D eigenvalue weighted by Gasteiger charge is -2.13. The van der Waals surface area contributed by atoms with E-state index in [1.165, 1.54) is 6.07 Å². The summed E-state index contributed by atoms with van der Waals surface area (Å²) in [5.41, 5.74) is 0.685. The van der Waals surface area contributed by atoms with Gasteiger partial charge in [0, 0.05) is 24.2 Å². The molecule has 1 aliphatic rings. The Kier molecular flexibility index (Phi) is 4.69. The Morgan fingerprint density at radius 3 is 3.04 bits per heavy atom. The first-order chi connectivity index (χ1) is 11.2. The molecule has 5 nitrogen and oxygen atoms in total. The molecule has 2 heterocycles. The number of ether oxygens (including phenoxy) is 1. The van der Waals surface area contributed by atoms with Gasteiger partial charge in [-0.05, 0) is 31.2 Å². The summed E-state index contributed by atoms with van der Waals surface area (Å²) in [5.74, 6) is 0.733. The molecule has 1 atom stereocenters. The Bertz CT molecular complexity index is 723. The van der Waals surface area contributed by atoms with Gasteiger partial charge in [0.25, 0.3) is 0 Å². The van der Waals surface area contributed by atoms with Crippen molar-refractivity contribution in [3.8, 4) is 11.9 Å². The monoisotopic (exact) mass is 312 g/mol. The summed E-state index contributed by atoms with van der Waals surface area (Å²) in [6, 6.07) is 12.1. The molecule has 0 aliphatic carbocycles. The van der Waals surface area contributed by atoms with E-state index in [0.717, 1.165) is 25.3 Å². The second-order valence-corrected chi connectivity index (χ2v) is 5.40. The van der Waals surface area contributed by atoms with Crippen LogP contribution in [0.15, 0.2) is 36.4 Å². The Balaban J connectivity index is 1.63. The number of benzene rings is 1. The first-order valence-corrected chi connectivity index (χ1v) is 7.50. The zero-order valence-electron chi connectivity index (χ0n) is 12.6. The number of hydrogen-bond donors (Lipinski definition) is 2. The Morgan fingerprint density at radius 1 is 1.39 bits per heavy atom. The van der Waals surface area contributed by atoms with Crippen molar-refractivity contribution in [2.75, 3.05) is 18.4 Å². The summed E-state index contributed by atoms with van der Waals surface area (Å²) in [6.45, 7) is 1.99. The van der Waals surface area contributed by atoms with Gasteiger partial charge in [-0.15, -0.1) is 0 Å². The summed E-state index contributed by atoms with van der Waals surface area (Å²) >= 11 is 0. The largest absolute Gasteiger partial charge is 0.473 e. The fourth-order valence-electron chi connectivity index (χ4n) is 2.45. The van der Waals surface area contributed by atoms with Crippen molar-refractivity contribution in [1.82, 2.24) is 10.3 Å². The highest BCUT2D eigenvalue weighted by Gasteiger charge is 2.14. The van der Waals surface area contributed by atoms with Gasteiger partial charge in [0.2, 0.25) is 5.88 Å². The lowest BCUT2D eigenvalue weighted by molar-refractivity contribution is 0.288. The molecule has 118 valence electrons. The number of aromatic nitrogens is 1. The van der Waals surface area contributed by atoms with Gasteiger partial charge in [0.1, 0.15) is 18.2 Å². The number of nitrogens with zero attached hydrogens (tertiary/aromatic N) is 2. The molecule has 6 heteroatoms. The van der Waals surface area contributed by atoms with E-state index in [0.29, 0.717) is 23.0 Å². The van der Waals surface area contributed by atoms with Crippen molar-refractivity contribution in [3.63, 3.8) is 0 Å². The molecule has 1 aliphatic heterocycles. The topological polar surface area (TPSA) is 70.0 Å². The molecule has 23 heavy (non-hydrogen) atoms. The van der Waals surface area contributed by atoms with E-state index in [2.05, 4.69) is 15.6 Å². The maximum atomic E-state index is 13.8. The molecule has 1 aromatic heterocycles. The van der Waals surface area contributed by atoms with E-state index in [4.69, 9.17) is 10.00 Å². The average Bonchev–Trinajstić information content (AvgIpc) is 3.07. The van der Waals surface area contributed by atoms with Gasteiger partial charge in [-0.25, -0.2) is 4.39 Å². The van der Waals surface area contributed by atoms with E-state index < -0.39 is 5.82 Å². The third-order valence-corrected chi connectivity index (χ3v) is 3.69. The fraction of sp³-hybridized carbons (Fsp3) is 0.294. The van der Waals surface area contributed by atoms with Gasteiger partial charge in [-0.3, -0.25) is 0 Å². The molecule has 3 rings (SSSR count). The van der Waals surface area contributed by atoms with Crippen LogP contribution in [0.25, 0.3) is 0 Å². The van der Waals surface area contributed by atoms with E-state index >= 15 is 0 Å². The minimum atomic E-state index is -0.449. The highest BCUT2D eigenvalue weighted by atomic mass is 19.1. The van der Waals surface area contributed by atoms with E-state index in [9.17, 15) is 4.39 Å². The van der Waals surface area contributed by atoms with Crippen LogP contribution in [-0.2, 0) is 6.61 Å². The van der Waals surface area contributed by atoms with Gasteiger partial charge >= 0.3 is 0 Å². The molecular weight excluding hydrogens is 295 g/mol. The first kappa shape index (κ1) is 15.3. The Morgan fingerprint density at radius 2 is 2.30 bits per heavy atom. The van der Waals surface area contributed by atoms with Crippen molar-refractivity contribution in [2.24, 2.45) is 0 Å². The second kappa shape index (κ2) is 7.07. The summed E-state index contributed by atoms with van der Waals surface area (Å²) in [7, 11) is 0. The quantitative estimate of drug-likeness (QED) is 0.887. The van der Waals surface area contributed by atoms with Crippen LogP contribution in [-0.4, -0.2) is 24.1 Å². The van der Waals surface area contributed by atoms with Gasteiger partial charge in [-0.1, -0.05) is 12.1 Å². The van der Waals surface area contributed by atoms with E-state index in [1.54, 1.807) is 18.2 Å². The lowest BCUT2D eigenvalue weighted by Crippen LogP contribution is -2.22. The van der Waals surface area contributed by atoms with Crippen molar-refractivity contribution in [1.29, 1.82) is 5.26 Å². The molecule has 1 aromatic carbocycles. The molecule has 0 radical (unpaired) electrons. The standard InChI is InChI=1S/C17H17FN4O/c18-15-8-12(9-19)4-5-13(15)11-23-17-3-1-2-16(22-17)21-14-6-7-20-10-14/h1-5,8,14,20H,6-7,10-11H2,(H,21,22)/t14-/m1/s1. The smallest absolute Gasteiger partial charge is 0.215 e. The predicted molar refractivity (Wildman–Crippen MR) is 84.6 cm³/mol. The molecule has 0 saturated carbocycles. The number of pyridine rings is 1. The second-order valence-electron chi connectivity index (χ2n) is 5.40. The van der Waals surface area contributed by atoms with Crippen molar-refractivity contribution in [2.45, 2.75) is 19.1 Å². The third-order valence-electron chi connectivity index (χ3n) is 3.69. The molecule has 2 aromatic rings. The fourth-order valence-corrected chi connectivity index (χ4v) is 2.45. The maximum absolute atomic E-state index is 13.8. The Labute approximate surface area is 134 Å². The predicted octanol–water partition coefficient (Wildman–Crippen LogP) is 2.45. The molecule has 0 unspecified atom stereocenters. The van der Waals surface area contributed by atoms with Crippen LogP contribution in [0.4, 0.5) is 10.2 Å². The summed E-state index contributed by atoms with van der Waals surface area (Å²) in [5, 5.41) is 15.4. The number of halogens is 1. The summed E-state index contributed by atoms with van der Waals surface area (Å²) in [6.07, 6.45) is 1.06. The van der Waals surface area contributed by atoms with Crippen LogP contribution in [0.1, 0.15) is 17.5 Å². The van der Waals surface area contributed by atoms with Crippen LogP contribution in [0, 0.1) is 17.1 Å². The Hall–Kier alpha value is -2.65. The lowest BCUT2D eigenvalue weighted by atomic mass is 10.1. The zero-order valence-corrected chi connectivity index (χ0v) is 12.6. The van der Waals surface area contributed by atoms with Crippen LogP contribution in [0.5, 0.6) is 5.88 Å². The molecule has 1 saturated heterocycles. The number of rotatable bonds is 5. The molecule has 0 amide bonds. The van der Waals surface area contributed by atoms with E-state index in [1.807, 2.05) is 18.2 Å². The maximum Gasteiger partial charge on any atom is 0.215 e. The number of hydrogen-bond acceptors (Lipinski definition) is 5. The minimum absolute atomic E-state index is 0.0684. The number of nitrogens with one attached hydrogen (secondary N) is 2. The average molecular weight is 312 g/mol. The molecule has 2 N–H and O–H groups in total. The zero-order chi connectivity index (χ0) is 16.1. The minimum Gasteiger partial charge on any atom is -0.473 e. The van der Waals surface area contributed by atoms with Crippen molar-refractivity contribution >= 4 is 5.82 Å². The van der Waals surface area contributed by atoms with Crippen LogP contribution in [0.2, 0.25) is 0 Å². The van der Waals surface area contributed by atoms with Gasteiger partial charge in [0.05, 0.1) is 11.6 Å². The molecule has 0 spiro atoms. The first-order valence-electron chi connectivity index (χ1n) is 7.50. The van der Waals surface area contributed by atoms with E-state index in [-0.39, 0.29) is 6.61 Å². The van der Waals surface area contributed by atoms with Crippen molar-refractivity contribution in [3.05, 3.63) is 53.3 Å². The summed E-state index contributed by atoms with van der Waals surface area (Å²) in [4.78, 5) is 4.38. The number of nitriles is 1. The molecule has 0 bridgehead atoms. The SMILES string of the molecule is N#Cc1ccc(COc2cccc(N[C@@H]3CCNC3)n2)c(F)c1. The van der Waals surface area contributed by atoms with Gasteiger partial charge in [0.15, 0.2) is 0 Å². The van der Waals surface area contributed by atoms with Crippen LogP contribution in [0.3, 0.4) is 0 Å².